The maximum atomic E-state index is 6.03. The van der Waals surface area contributed by atoms with E-state index >= 15 is 0 Å². The highest BCUT2D eigenvalue weighted by Gasteiger charge is 2.05. The minimum Gasteiger partial charge on any atom is -0.457 e. The molecule has 0 saturated carbocycles. The standard InChI is InChI=1S/C17H21NO/c1-12-5-6-13(2)17(9-12)19-16-8-7-15(11-18-4)10-14(16)3/h5-10,18H,11H2,1-4H3. The summed E-state index contributed by atoms with van der Waals surface area (Å²) in [4.78, 5) is 0. The average Bonchev–Trinajstić information content (AvgIpc) is 2.37. The van der Waals surface area contributed by atoms with Crippen molar-refractivity contribution in [3.8, 4) is 11.5 Å². The molecule has 0 saturated heterocycles. The molecule has 19 heavy (non-hydrogen) atoms. The highest BCUT2D eigenvalue weighted by Crippen LogP contribution is 2.28. The molecule has 0 spiro atoms. The monoisotopic (exact) mass is 255 g/mol. The van der Waals surface area contributed by atoms with Gasteiger partial charge in [0.15, 0.2) is 0 Å². The highest BCUT2D eigenvalue weighted by atomic mass is 16.5. The van der Waals surface area contributed by atoms with Crippen LogP contribution >= 0.6 is 0 Å². The molecule has 0 aliphatic carbocycles. The molecule has 0 radical (unpaired) electrons. The van der Waals surface area contributed by atoms with Gasteiger partial charge in [0.1, 0.15) is 11.5 Å². The number of aryl methyl sites for hydroxylation is 3. The van der Waals surface area contributed by atoms with Gasteiger partial charge in [0.05, 0.1) is 0 Å². The molecule has 0 heterocycles. The summed E-state index contributed by atoms with van der Waals surface area (Å²) in [5.74, 6) is 1.86. The largest absolute Gasteiger partial charge is 0.457 e. The third-order valence-corrected chi connectivity index (χ3v) is 3.18. The van der Waals surface area contributed by atoms with Gasteiger partial charge in [-0.25, -0.2) is 0 Å². The van der Waals surface area contributed by atoms with Gasteiger partial charge in [0.2, 0.25) is 0 Å². The molecule has 2 nitrogen and oxygen atoms in total. The number of benzene rings is 2. The van der Waals surface area contributed by atoms with E-state index in [2.05, 4.69) is 56.4 Å². The number of hydrogen-bond acceptors (Lipinski definition) is 2. The van der Waals surface area contributed by atoms with Crippen LogP contribution in [0, 0.1) is 20.8 Å². The van der Waals surface area contributed by atoms with Gasteiger partial charge in [0, 0.05) is 6.54 Å². The van der Waals surface area contributed by atoms with Gasteiger partial charge in [-0.15, -0.1) is 0 Å². The van der Waals surface area contributed by atoms with Crippen molar-refractivity contribution in [3.63, 3.8) is 0 Å². The minimum atomic E-state index is 0.880. The molecule has 0 bridgehead atoms. The Morgan fingerprint density at radius 1 is 0.895 bits per heavy atom. The van der Waals surface area contributed by atoms with Crippen LogP contribution < -0.4 is 10.1 Å². The zero-order chi connectivity index (χ0) is 13.8. The van der Waals surface area contributed by atoms with E-state index in [0.29, 0.717) is 0 Å². The van der Waals surface area contributed by atoms with Crippen molar-refractivity contribution < 1.29 is 4.74 Å². The summed E-state index contributed by atoms with van der Waals surface area (Å²) in [6, 6.07) is 12.6. The summed E-state index contributed by atoms with van der Waals surface area (Å²) in [6.07, 6.45) is 0. The molecule has 0 atom stereocenters. The van der Waals surface area contributed by atoms with Crippen molar-refractivity contribution in [1.29, 1.82) is 0 Å². The zero-order valence-corrected chi connectivity index (χ0v) is 12.1. The van der Waals surface area contributed by atoms with Crippen LogP contribution in [-0.2, 0) is 6.54 Å². The van der Waals surface area contributed by atoms with Crippen LogP contribution in [0.15, 0.2) is 36.4 Å². The third kappa shape index (κ3) is 3.36. The van der Waals surface area contributed by atoms with E-state index < -0.39 is 0 Å². The van der Waals surface area contributed by atoms with Crippen molar-refractivity contribution in [1.82, 2.24) is 5.32 Å². The first-order valence-electron chi connectivity index (χ1n) is 6.59. The van der Waals surface area contributed by atoms with Crippen LogP contribution in [0.1, 0.15) is 22.3 Å². The van der Waals surface area contributed by atoms with Crippen LogP contribution in [-0.4, -0.2) is 7.05 Å². The number of rotatable bonds is 4. The second-order valence-electron chi connectivity index (χ2n) is 5.00. The summed E-state index contributed by atoms with van der Waals surface area (Å²) in [5, 5.41) is 3.16. The zero-order valence-electron chi connectivity index (χ0n) is 12.1. The lowest BCUT2D eigenvalue weighted by Gasteiger charge is -2.13. The van der Waals surface area contributed by atoms with Crippen molar-refractivity contribution in [2.75, 3.05) is 7.05 Å². The van der Waals surface area contributed by atoms with Gasteiger partial charge in [-0.2, -0.15) is 0 Å². The van der Waals surface area contributed by atoms with E-state index in [1.807, 2.05) is 13.1 Å². The van der Waals surface area contributed by atoms with E-state index in [1.54, 1.807) is 0 Å². The van der Waals surface area contributed by atoms with Crippen LogP contribution in [0.5, 0.6) is 11.5 Å². The molecule has 0 aliphatic heterocycles. The molecule has 0 amide bonds. The fourth-order valence-electron chi connectivity index (χ4n) is 2.08. The van der Waals surface area contributed by atoms with Crippen molar-refractivity contribution in [3.05, 3.63) is 58.7 Å². The topological polar surface area (TPSA) is 21.3 Å². The summed E-state index contributed by atoms with van der Waals surface area (Å²) < 4.78 is 6.03. The van der Waals surface area contributed by atoms with Crippen molar-refractivity contribution in [2.45, 2.75) is 27.3 Å². The predicted molar refractivity (Wildman–Crippen MR) is 79.9 cm³/mol. The Hall–Kier alpha value is -1.80. The molecule has 0 unspecified atom stereocenters. The molecular weight excluding hydrogens is 234 g/mol. The fourth-order valence-corrected chi connectivity index (χ4v) is 2.08. The minimum absolute atomic E-state index is 0.880. The Labute approximate surface area is 115 Å². The quantitative estimate of drug-likeness (QED) is 0.887. The molecule has 0 aliphatic rings. The Balaban J connectivity index is 2.25. The van der Waals surface area contributed by atoms with Gasteiger partial charge < -0.3 is 10.1 Å². The van der Waals surface area contributed by atoms with Crippen molar-refractivity contribution >= 4 is 0 Å². The fraction of sp³-hybridized carbons (Fsp3) is 0.294. The molecule has 2 heteroatoms. The van der Waals surface area contributed by atoms with Gasteiger partial charge in [-0.1, -0.05) is 24.3 Å². The number of nitrogens with one attached hydrogen (secondary N) is 1. The molecule has 100 valence electrons. The molecule has 0 fully saturated rings. The maximum absolute atomic E-state index is 6.03. The van der Waals surface area contributed by atoms with Gasteiger partial charge in [0.25, 0.3) is 0 Å². The summed E-state index contributed by atoms with van der Waals surface area (Å²) in [6.45, 7) is 7.11. The third-order valence-electron chi connectivity index (χ3n) is 3.18. The van der Waals surface area contributed by atoms with Crippen LogP contribution in [0.2, 0.25) is 0 Å². The average molecular weight is 255 g/mol. The summed E-state index contributed by atoms with van der Waals surface area (Å²) in [7, 11) is 1.95. The van der Waals surface area contributed by atoms with Gasteiger partial charge in [-0.3, -0.25) is 0 Å². The van der Waals surface area contributed by atoms with Gasteiger partial charge >= 0.3 is 0 Å². The SMILES string of the molecule is CNCc1ccc(Oc2cc(C)ccc2C)c(C)c1. The molecule has 2 aromatic rings. The van der Waals surface area contributed by atoms with Gasteiger partial charge in [-0.05, 0) is 62.2 Å². The maximum Gasteiger partial charge on any atom is 0.130 e. The first-order valence-corrected chi connectivity index (χ1v) is 6.59. The second-order valence-corrected chi connectivity index (χ2v) is 5.00. The van der Waals surface area contributed by atoms with E-state index in [1.165, 1.54) is 11.1 Å². The lowest BCUT2D eigenvalue weighted by atomic mass is 10.1. The Morgan fingerprint density at radius 3 is 2.37 bits per heavy atom. The van der Waals surface area contributed by atoms with Crippen LogP contribution in [0.25, 0.3) is 0 Å². The first kappa shape index (κ1) is 13.6. The molecule has 0 aromatic heterocycles. The number of hydrogen-bond donors (Lipinski definition) is 1. The highest BCUT2D eigenvalue weighted by molar-refractivity contribution is 5.43. The molecule has 1 N–H and O–H groups in total. The Morgan fingerprint density at radius 2 is 1.68 bits per heavy atom. The van der Waals surface area contributed by atoms with Crippen LogP contribution in [0.3, 0.4) is 0 Å². The lowest BCUT2D eigenvalue weighted by molar-refractivity contribution is 0.474. The van der Waals surface area contributed by atoms with E-state index in [0.717, 1.165) is 29.2 Å². The smallest absolute Gasteiger partial charge is 0.130 e. The predicted octanol–water partition coefficient (Wildman–Crippen LogP) is 4.12. The van der Waals surface area contributed by atoms with E-state index in [-0.39, 0.29) is 0 Å². The molecular formula is C17H21NO. The first-order chi connectivity index (χ1) is 9.10. The molecule has 2 aromatic carbocycles. The Kier molecular flexibility index (Phi) is 4.23. The summed E-state index contributed by atoms with van der Waals surface area (Å²) >= 11 is 0. The van der Waals surface area contributed by atoms with E-state index in [9.17, 15) is 0 Å². The van der Waals surface area contributed by atoms with Crippen molar-refractivity contribution in [2.24, 2.45) is 0 Å². The molecule has 2 rings (SSSR count). The summed E-state index contributed by atoms with van der Waals surface area (Å²) in [5.41, 5.74) is 4.80. The second kappa shape index (κ2) is 5.89. The van der Waals surface area contributed by atoms with Crippen LogP contribution in [0.4, 0.5) is 0 Å². The Bertz CT molecular complexity index is 575. The lowest BCUT2D eigenvalue weighted by Crippen LogP contribution is -2.05. The number of ether oxygens (including phenoxy) is 1. The van der Waals surface area contributed by atoms with E-state index in [4.69, 9.17) is 4.74 Å². The normalized spacial score (nSPS) is 10.5.